The van der Waals surface area contributed by atoms with Gasteiger partial charge in [0.15, 0.2) is 17.2 Å². The number of imidazole rings is 1. The van der Waals surface area contributed by atoms with E-state index in [1.165, 1.54) is 13.1 Å². The minimum Gasteiger partial charge on any atom is -0.461 e. The van der Waals surface area contributed by atoms with E-state index in [2.05, 4.69) is 41.1 Å². The number of nitrogens with two attached hydrogens (primary N) is 2. The van der Waals surface area contributed by atoms with Crippen LogP contribution in [0.15, 0.2) is 12.4 Å². The Labute approximate surface area is 233 Å². The SMILES string of the molecule is CC(=O)OCc1cnc(C)c2c1CNP(=O)(OC[C@H]1O[C@@](C#N)(c3cnc4c(N)nc(N)nn34)C(F)(Br)C1O)O2. The van der Waals surface area contributed by atoms with E-state index in [4.69, 9.17) is 30.0 Å². The molecule has 0 spiro atoms. The van der Waals surface area contributed by atoms with Crippen molar-refractivity contribution >= 4 is 47.1 Å². The zero-order valence-electron chi connectivity index (χ0n) is 20.9. The third-order valence-electron chi connectivity index (χ3n) is 6.35. The van der Waals surface area contributed by atoms with E-state index in [0.717, 1.165) is 10.7 Å². The summed E-state index contributed by atoms with van der Waals surface area (Å²) in [6, 6.07) is 1.73. The number of alkyl halides is 2. The zero-order chi connectivity index (χ0) is 29.0. The van der Waals surface area contributed by atoms with E-state index in [-0.39, 0.29) is 42.0 Å². The summed E-state index contributed by atoms with van der Waals surface area (Å²) in [5.41, 5.74) is 10.1. The van der Waals surface area contributed by atoms with Gasteiger partial charge in [-0.2, -0.15) is 10.2 Å². The van der Waals surface area contributed by atoms with E-state index in [0.29, 0.717) is 16.8 Å². The van der Waals surface area contributed by atoms with Crippen molar-refractivity contribution in [3.05, 3.63) is 34.9 Å². The maximum absolute atomic E-state index is 16.1. The van der Waals surface area contributed by atoms with Crippen LogP contribution >= 0.6 is 23.7 Å². The summed E-state index contributed by atoms with van der Waals surface area (Å²) in [5, 5.41) is 27.5. The van der Waals surface area contributed by atoms with Gasteiger partial charge in [-0.25, -0.2) is 23.5 Å². The molecule has 0 amide bonds. The molecule has 2 aliphatic rings. The number of halogens is 2. The number of aryl methyl sites for hydroxylation is 1. The molecule has 40 heavy (non-hydrogen) atoms. The number of carbonyl (C=O) groups is 1. The first-order chi connectivity index (χ1) is 18.8. The number of hydrogen-bond acceptors (Lipinski definition) is 14. The van der Waals surface area contributed by atoms with Crippen molar-refractivity contribution in [2.45, 2.75) is 49.4 Å². The highest BCUT2D eigenvalue weighted by atomic mass is 79.9. The number of nitrogens with zero attached hydrogens (tertiary/aromatic N) is 6. The standard InChI is InChI=1S/C21H22BrFN9O7P/c1-9-15-12(11(3-27-9)6-36-10(2)33)4-29-40(35,39-15)37-7-13-16(34)21(22,23)20(8-24,38-13)14-5-28-18-17(25)30-19(26)31-32(14)18/h3,5,13,16,34H,4,6-7H2,1-2H3,(H,29,35)(H4,25,26,30,31)/t13-,16?,20+,21?,40?/m1/s1. The number of nitrogens with one attached hydrogen (secondary N) is 1. The molecule has 1 fully saturated rings. The zero-order valence-corrected chi connectivity index (χ0v) is 23.3. The van der Waals surface area contributed by atoms with E-state index in [9.17, 15) is 19.7 Å². The highest BCUT2D eigenvalue weighted by Gasteiger charge is 2.69. The van der Waals surface area contributed by atoms with Crippen LogP contribution in [0.3, 0.4) is 0 Å². The summed E-state index contributed by atoms with van der Waals surface area (Å²) in [6.07, 6.45) is -0.940. The predicted octanol–water partition coefficient (Wildman–Crippen LogP) is 0.901. The average Bonchev–Trinajstić information content (AvgIpc) is 3.40. The van der Waals surface area contributed by atoms with Crippen LogP contribution in [0.5, 0.6) is 5.75 Å². The summed E-state index contributed by atoms with van der Waals surface area (Å²) < 4.78 is 49.5. The van der Waals surface area contributed by atoms with Gasteiger partial charge in [0.25, 0.3) is 0 Å². The van der Waals surface area contributed by atoms with E-state index in [1.54, 1.807) is 13.0 Å². The Hall–Kier alpha value is -3.46. The van der Waals surface area contributed by atoms with Gasteiger partial charge in [0, 0.05) is 30.8 Å². The van der Waals surface area contributed by atoms with Crippen LogP contribution in [0.2, 0.25) is 0 Å². The maximum Gasteiger partial charge on any atom is 0.459 e. The normalized spacial score (nSPS) is 29.5. The maximum atomic E-state index is 16.1. The number of aliphatic hydroxyl groups is 1. The second-order valence-electron chi connectivity index (χ2n) is 8.93. The molecule has 0 bridgehead atoms. The van der Waals surface area contributed by atoms with Crippen molar-refractivity contribution in [1.29, 1.82) is 5.26 Å². The molecule has 5 heterocycles. The minimum absolute atomic E-state index is 0.00135. The van der Waals surface area contributed by atoms with E-state index >= 15 is 4.39 Å². The Morgan fingerprint density at radius 2 is 2.20 bits per heavy atom. The van der Waals surface area contributed by atoms with Crippen molar-refractivity contribution in [2.24, 2.45) is 0 Å². The molecule has 2 aliphatic heterocycles. The largest absolute Gasteiger partial charge is 0.461 e. The fraction of sp³-hybridized carbons (Fsp3) is 0.429. The highest BCUT2D eigenvalue weighted by molar-refractivity contribution is 9.10. The molecule has 3 unspecified atom stereocenters. The van der Waals surface area contributed by atoms with Gasteiger partial charge in [0.1, 0.15) is 30.6 Å². The van der Waals surface area contributed by atoms with Crippen molar-refractivity contribution in [2.75, 3.05) is 18.1 Å². The van der Waals surface area contributed by atoms with Crippen LogP contribution in [-0.2, 0) is 42.1 Å². The van der Waals surface area contributed by atoms with Crippen molar-refractivity contribution in [3.8, 4) is 11.8 Å². The van der Waals surface area contributed by atoms with Gasteiger partial charge in [-0.15, -0.1) is 5.10 Å². The molecule has 1 saturated heterocycles. The number of anilines is 2. The molecule has 212 valence electrons. The molecular weight excluding hydrogens is 620 g/mol. The first kappa shape index (κ1) is 28.1. The second kappa shape index (κ2) is 9.87. The number of carbonyl (C=O) groups excluding carboxylic acids is 1. The van der Waals surface area contributed by atoms with Gasteiger partial charge in [0.05, 0.1) is 18.5 Å². The lowest BCUT2D eigenvalue weighted by Gasteiger charge is -2.29. The summed E-state index contributed by atoms with van der Waals surface area (Å²) in [4.78, 5) is 23.2. The fourth-order valence-corrected chi connectivity index (χ4v) is 6.42. The molecule has 3 aromatic rings. The van der Waals surface area contributed by atoms with Crippen LogP contribution in [0.1, 0.15) is 29.4 Å². The molecule has 19 heteroatoms. The molecule has 0 radical (unpaired) electrons. The Kier molecular flexibility index (Phi) is 6.93. The van der Waals surface area contributed by atoms with Gasteiger partial charge in [-0.3, -0.25) is 14.3 Å². The topological polar surface area (TPSA) is 235 Å². The number of aromatic nitrogens is 5. The number of nitrogen functional groups attached to an aromatic ring is 2. The molecule has 5 rings (SSSR count). The van der Waals surface area contributed by atoms with Crippen LogP contribution < -0.4 is 21.1 Å². The average molecular weight is 642 g/mol. The van der Waals surface area contributed by atoms with Crippen LogP contribution in [0.25, 0.3) is 5.65 Å². The summed E-state index contributed by atoms with van der Waals surface area (Å²) in [7, 11) is -4.09. The van der Waals surface area contributed by atoms with Crippen molar-refractivity contribution in [3.63, 3.8) is 0 Å². The Bertz CT molecular complexity index is 1620. The number of hydrogen-bond donors (Lipinski definition) is 4. The third-order valence-corrected chi connectivity index (χ3v) is 8.83. The first-order valence-corrected chi connectivity index (χ1v) is 13.9. The third kappa shape index (κ3) is 4.44. The van der Waals surface area contributed by atoms with Crippen LogP contribution in [-0.4, -0.2) is 59.0 Å². The Morgan fingerprint density at radius 1 is 1.45 bits per heavy atom. The molecule has 0 aliphatic carbocycles. The lowest BCUT2D eigenvalue weighted by molar-refractivity contribution is -0.142. The number of nitriles is 1. The van der Waals surface area contributed by atoms with Gasteiger partial charge < -0.3 is 30.6 Å². The highest BCUT2D eigenvalue weighted by Crippen LogP contribution is 2.55. The lowest BCUT2D eigenvalue weighted by Crippen LogP contribution is -2.46. The fourth-order valence-electron chi connectivity index (χ4n) is 4.35. The molecule has 6 N–H and O–H groups in total. The minimum atomic E-state index is -4.09. The Morgan fingerprint density at radius 3 is 2.90 bits per heavy atom. The predicted molar refractivity (Wildman–Crippen MR) is 136 cm³/mol. The van der Waals surface area contributed by atoms with Gasteiger partial charge >= 0.3 is 13.7 Å². The Balaban J connectivity index is 1.39. The second-order valence-corrected chi connectivity index (χ2v) is 11.8. The van der Waals surface area contributed by atoms with Crippen molar-refractivity contribution < 1.29 is 37.4 Å². The molecule has 0 aromatic carbocycles. The van der Waals surface area contributed by atoms with Crippen LogP contribution in [0, 0.1) is 18.3 Å². The number of rotatable bonds is 6. The number of ether oxygens (including phenoxy) is 2. The monoisotopic (exact) mass is 641 g/mol. The molecular formula is C21H22BrFN9O7P. The lowest BCUT2D eigenvalue weighted by atomic mass is 9.94. The molecule has 3 aromatic heterocycles. The van der Waals surface area contributed by atoms with Crippen molar-refractivity contribution in [1.82, 2.24) is 29.7 Å². The number of fused-ring (bicyclic) bond motifs is 2. The van der Waals surface area contributed by atoms with E-state index < -0.39 is 42.7 Å². The van der Waals surface area contributed by atoms with Gasteiger partial charge in [-0.05, 0) is 22.9 Å². The van der Waals surface area contributed by atoms with Gasteiger partial charge in [-0.1, -0.05) is 0 Å². The van der Waals surface area contributed by atoms with Gasteiger partial charge in [0.2, 0.25) is 16.1 Å². The first-order valence-electron chi connectivity index (χ1n) is 11.5. The molecule has 16 nitrogen and oxygen atoms in total. The smallest absolute Gasteiger partial charge is 0.459 e. The summed E-state index contributed by atoms with van der Waals surface area (Å²) in [6.45, 7) is 2.14. The number of aliphatic hydroxyl groups excluding tert-OH is 1. The quantitative estimate of drug-likeness (QED) is 0.166. The molecule has 5 atom stereocenters. The number of pyridine rings is 1. The summed E-state index contributed by atoms with van der Waals surface area (Å²) in [5.74, 6) is -0.749. The van der Waals surface area contributed by atoms with E-state index in [1.807, 2.05) is 0 Å². The number of esters is 1. The van der Waals surface area contributed by atoms with Crippen LogP contribution in [0.4, 0.5) is 16.2 Å². The molecule has 0 saturated carbocycles. The summed E-state index contributed by atoms with van der Waals surface area (Å²) >= 11 is 2.79.